The topological polar surface area (TPSA) is 37.4 Å². The molecular weight excluding hydrogens is 238 g/mol. The van der Waals surface area contributed by atoms with E-state index in [2.05, 4.69) is 12.8 Å². The van der Waals surface area contributed by atoms with Crippen molar-refractivity contribution in [2.24, 2.45) is 0 Å². The second-order valence-corrected chi connectivity index (χ2v) is 4.70. The van der Waals surface area contributed by atoms with E-state index < -0.39 is 6.04 Å². The Kier molecular flexibility index (Phi) is 4.01. The number of nitrogens with zero attached hydrogens (tertiary/aromatic N) is 1. The Morgan fingerprint density at radius 1 is 1.16 bits per heavy atom. The molecule has 0 radical (unpaired) electrons. The van der Waals surface area contributed by atoms with Crippen molar-refractivity contribution in [2.75, 3.05) is 0 Å². The van der Waals surface area contributed by atoms with E-state index in [0.717, 1.165) is 19.3 Å². The maximum Gasteiger partial charge on any atom is 0.262 e. The minimum absolute atomic E-state index is 0.264. The van der Waals surface area contributed by atoms with Crippen molar-refractivity contribution in [1.29, 1.82) is 0 Å². The van der Waals surface area contributed by atoms with Crippen LogP contribution in [0.2, 0.25) is 0 Å². The molecule has 3 heteroatoms. The molecule has 0 spiro atoms. The van der Waals surface area contributed by atoms with Crippen molar-refractivity contribution in [2.45, 2.75) is 38.6 Å². The minimum Gasteiger partial charge on any atom is -0.269 e. The van der Waals surface area contributed by atoms with Crippen LogP contribution in [-0.2, 0) is 0 Å². The Labute approximate surface area is 113 Å². The quantitative estimate of drug-likeness (QED) is 0.461. The molecule has 0 N–H and O–H groups in total. The van der Waals surface area contributed by atoms with Crippen molar-refractivity contribution < 1.29 is 9.59 Å². The molecule has 1 atom stereocenters. The third kappa shape index (κ3) is 2.39. The summed E-state index contributed by atoms with van der Waals surface area (Å²) in [4.78, 5) is 25.7. The molecule has 19 heavy (non-hydrogen) atoms. The fourth-order valence-electron chi connectivity index (χ4n) is 2.37. The van der Waals surface area contributed by atoms with Crippen LogP contribution in [0.3, 0.4) is 0 Å². The van der Waals surface area contributed by atoms with E-state index >= 15 is 0 Å². The van der Waals surface area contributed by atoms with E-state index in [0.29, 0.717) is 17.5 Å². The monoisotopic (exact) mass is 255 g/mol. The highest BCUT2D eigenvalue weighted by Crippen LogP contribution is 2.25. The normalized spacial score (nSPS) is 15.3. The molecule has 3 nitrogen and oxygen atoms in total. The van der Waals surface area contributed by atoms with Crippen LogP contribution in [0.4, 0.5) is 0 Å². The van der Waals surface area contributed by atoms with Crippen molar-refractivity contribution in [3.8, 4) is 12.3 Å². The number of terminal acetylenes is 1. The van der Waals surface area contributed by atoms with Gasteiger partial charge in [0.2, 0.25) is 0 Å². The first kappa shape index (κ1) is 13.4. The molecular formula is C16H17NO2. The second kappa shape index (κ2) is 5.71. The van der Waals surface area contributed by atoms with E-state index in [4.69, 9.17) is 6.42 Å². The number of benzene rings is 1. The molecule has 98 valence electrons. The Balaban J connectivity index is 2.20. The number of amides is 2. The van der Waals surface area contributed by atoms with Crippen LogP contribution >= 0.6 is 0 Å². The van der Waals surface area contributed by atoms with Crippen LogP contribution in [0.5, 0.6) is 0 Å². The van der Waals surface area contributed by atoms with E-state index in [1.54, 1.807) is 24.3 Å². The van der Waals surface area contributed by atoms with E-state index in [1.807, 2.05) is 0 Å². The van der Waals surface area contributed by atoms with Gasteiger partial charge in [0.15, 0.2) is 0 Å². The molecule has 1 aromatic rings. The predicted octanol–water partition coefficient (Wildman–Crippen LogP) is 2.86. The average molecular weight is 255 g/mol. The van der Waals surface area contributed by atoms with Gasteiger partial charge < -0.3 is 0 Å². The summed E-state index contributed by atoms with van der Waals surface area (Å²) in [5.41, 5.74) is 0.923. The Morgan fingerprint density at radius 2 is 1.74 bits per heavy atom. The molecule has 1 aliphatic heterocycles. The van der Waals surface area contributed by atoms with E-state index in [9.17, 15) is 9.59 Å². The first-order valence-electron chi connectivity index (χ1n) is 6.63. The zero-order valence-electron chi connectivity index (χ0n) is 11.1. The predicted molar refractivity (Wildman–Crippen MR) is 73.7 cm³/mol. The van der Waals surface area contributed by atoms with Gasteiger partial charge in [-0.3, -0.25) is 14.5 Å². The lowest BCUT2D eigenvalue weighted by Crippen LogP contribution is -2.39. The summed E-state index contributed by atoms with van der Waals surface area (Å²) in [6.07, 6.45) is 9.24. The van der Waals surface area contributed by atoms with Crippen LogP contribution < -0.4 is 0 Å². The largest absolute Gasteiger partial charge is 0.269 e. The molecule has 0 saturated carbocycles. The molecule has 0 bridgehead atoms. The zero-order chi connectivity index (χ0) is 13.8. The second-order valence-electron chi connectivity index (χ2n) is 4.70. The van der Waals surface area contributed by atoms with Crippen molar-refractivity contribution >= 4 is 11.8 Å². The molecule has 2 rings (SSSR count). The summed E-state index contributed by atoms with van der Waals surface area (Å²) in [6.45, 7) is 2.10. The fourth-order valence-corrected chi connectivity index (χ4v) is 2.37. The standard InChI is InChI=1S/C16H17NO2/c1-3-5-6-9-12(4-2)17-15(18)13-10-7-8-11-14(13)16(17)19/h2,7-8,10-12H,3,5-6,9H2,1H3. The highest BCUT2D eigenvalue weighted by molar-refractivity contribution is 6.21. The van der Waals surface area contributed by atoms with Gasteiger partial charge in [-0.05, 0) is 18.6 Å². The average Bonchev–Trinajstić information content (AvgIpc) is 2.69. The highest BCUT2D eigenvalue weighted by Gasteiger charge is 2.38. The first-order valence-corrected chi connectivity index (χ1v) is 6.63. The van der Waals surface area contributed by atoms with Gasteiger partial charge in [0, 0.05) is 0 Å². The third-order valence-corrected chi connectivity index (χ3v) is 3.41. The Hall–Kier alpha value is -2.08. The molecule has 0 saturated heterocycles. The van der Waals surface area contributed by atoms with Gasteiger partial charge in [-0.1, -0.05) is 44.2 Å². The summed E-state index contributed by atoms with van der Waals surface area (Å²) in [5.74, 6) is 2.06. The maximum atomic E-state index is 12.2. The smallest absolute Gasteiger partial charge is 0.262 e. The number of fused-ring (bicyclic) bond motifs is 1. The molecule has 1 aliphatic rings. The maximum absolute atomic E-state index is 12.2. The third-order valence-electron chi connectivity index (χ3n) is 3.41. The van der Waals surface area contributed by atoms with Crippen LogP contribution in [0.1, 0.15) is 53.3 Å². The molecule has 1 unspecified atom stereocenters. The summed E-state index contributed by atoms with van der Waals surface area (Å²) in [6, 6.07) is 6.44. The molecule has 0 fully saturated rings. The SMILES string of the molecule is C#CC(CCCCC)N1C(=O)c2ccccc2C1=O. The lowest BCUT2D eigenvalue weighted by molar-refractivity contribution is 0.0613. The lowest BCUT2D eigenvalue weighted by atomic mass is 10.1. The van der Waals surface area contributed by atoms with Crippen molar-refractivity contribution in [3.63, 3.8) is 0 Å². The van der Waals surface area contributed by atoms with Crippen LogP contribution in [0.15, 0.2) is 24.3 Å². The van der Waals surface area contributed by atoms with Gasteiger partial charge in [0.25, 0.3) is 11.8 Å². The number of rotatable bonds is 5. The Morgan fingerprint density at radius 3 is 2.21 bits per heavy atom. The van der Waals surface area contributed by atoms with Gasteiger partial charge in [-0.15, -0.1) is 6.42 Å². The summed E-state index contributed by atoms with van der Waals surface area (Å²) in [5, 5.41) is 0. The summed E-state index contributed by atoms with van der Waals surface area (Å²) in [7, 11) is 0. The van der Waals surface area contributed by atoms with Gasteiger partial charge in [-0.25, -0.2) is 0 Å². The van der Waals surface area contributed by atoms with Crippen LogP contribution in [0.25, 0.3) is 0 Å². The van der Waals surface area contributed by atoms with Gasteiger partial charge in [0.05, 0.1) is 11.1 Å². The lowest BCUT2D eigenvalue weighted by Gasteiger charge is -2.21. The van der Waals surface area contributed by atoms with Gasteiger partial charge in [-0.2, -0.15) is 0 Å². The molecule has 1 heterocycles. The van der Waals surface area contributed by atoms with Crippen molar-refractivity contribution in [1.82, 2.24) is 4.90 Å². The highest BCUT2D eigenvalue weighted by atomic mass is 16.2. The van der Waals surface area contributed by atoms with Crippen LogP contribution in [-0.4, -0.2) is 22.8 Å². The van der Waals surface area contributed by atoms with Gasteiger partial charge >= 0.3 is 0 Å². The summed E-state index contributed by atoms with van der Waals surface area (Å²) >= 11 is 0. The summed E-state index contributed by atoms with van der Waals surface area (Å²) < 4.78 is 0. The first-order chi connectivity index (χ1) is 9.20. The number of carbonyl (C=O) groups is 2. The molecule has 1 aromatic carbocycles. The van der Waals surface area contributed by atoms with E-state index in [-0.39, 0.29) is 11.8 Å². The number of imide groups is 1. The van der Waals surface area contributed by atoms with Crippen molar-refractivity contribution in [3.05, 3.63) is 35.4 Å². The molecule has 2 amide bonds. The molecule has 0 aromatic heterocycles. The number of hydrogen-bond acceptors (Lipinski definition) is 2. The minimum atomic E-state index is -0.432. The number of carbonyl (C=O) groups excluding carboxylic acids is 2. The van der Waals surface area contributed by atoms with E-state index in [1.165, 1.54) is 4.90 Å². The fraction of sp³-hybridized carbons (Fsp3) is 0.375. The number of hydrogen-bond donors (Lipinski definition) is 0. The molecule has 0 aliphatic carbocycles. The van der Waals surface area contributed by atoms with Gasteiger partial charge in [0.1, 0.15) is 6.04 Å². The Bertz CT molecular complexity index is 507. The zero-order valence-corrected chi connectivity index (χ0v) is 11.1. The van der Waals surface area contributed by atoms with Crippen LogP contribution in [0, 0.1) is 12.3 Å². The number of unbranched alkanes of at least 4 members (excludes halogenated alkanes) is 2.